The standard InChI is InChI=1S/C15H12Cl3NO5S/c1-19(23-2)25(21,22)14-7-9(3-5-11(14)17)15(20)24-13-6-4-10(16)8-12(13)18/h3-8H,1-2H3. The van der Waals surface area contributed by atoms with Gasteiger partial charge in [0.1, 0.15) is 10.6 Å². The lowest BCUT2D eigenvalue weighted by molar-refractivity contribution is -0.0258. The van der Waals surface area contributed by atoms with Crippen molar-refractivity contribution in [3.8, 4) is 5.75 Å². The summed E-state index contributed by atoms with van der Waals surface area (Å²) in [5, 5.41) is 0.457. The Kier molecular flexibility index (Phi) is 6.31. The molecule has 2 aromatic rings. The van der Waals surface area contributed by atoms with E-state index in [4.69, 9.17) is 39.5 Å². The maximum Gasteiger partial charge on any atom is 0.343 e. The summed E-state index contributed by atoms with van der Waals surface area (Å²) in [7, 11) is -1.65. The third-order valence-electron chi connectivity index (χ3n) is 3.14. The van der Waals surface area contributed by atoms with E-state index < -0.39 is 16.0 Å². The molecule has 0 amide bonds. The fourth-order valence-electron chi connectivity index (χ4n) is 1.78. The lowest BCUT2D eigenvalue weighted by Gasteiger charge is -2.15. The van der Waals surface area contributed by atoms with Crippen LogP contribution in [-0.2, 0) is 14.9 Å². The van der Waals surface area contributed by atoms with Gasteiger partial charge in [-0.05, 0) is 36.4 Å². The number of carbonyl (C=O) groups is 1. The molecule has 0 saturated carbocycles. The minimum absolute atomic E-state index is 0.0292. The Morgan fingerprint density at radius 2 is 1.72 bits per heavy atom. The smallest absolute Gasteiger partial charge is 0.343 e. The molecule has 0 atom stereocenters. The monoisotopic (exact) mass is 423 g/mol. The average Bonchev–Trinajstić information content (AvgIpc) is 2.56. The van der Waals surface area contributed by atoms with Gasteiger partial charge in [-0.3, -0.25) is 4.84 Å². The fraction of sp³-hybridized carbons (Fsp3) is 0.133. The summed E-state index contributed by atoms with van der Waals surface area (Å²) in [5.41, 5.74) is -0.0292. The van der Waals surface area contributed by atoms with Gasteiger partial charge >= 0.3 is 5.97 Å². The van der Waals surface area contributed by atoms with E-state index in [0.717, 1.165) is 6.07 Å². The van der Waals surface area contributed by atoms with Crippen molar-refractivity contribution in [1.82, 2.24) is 4.47 Å². The third kappa shape index (κ3) is 4.44. The largest absolute Gasteiger partial charge is 0.421 e. The number of hydroxylamine groups is 1. The Hall–Kier alpha value is -1.35. The van der Waals surface area contributed by atoms with Gasteiger partial charge in [-0.1, -0.05) is 39.3 Å². The number of halogens is 3. The number of nitrogens with zero attached hydrogens (tertiary/aromatic N) is 1. The van der Waals surface area contributed by atoms with Crippen molar-refractivity contribution in [2.24, 2.45) is 0 Å². The lowest BCUT2D eigenvalue weighted by atomic mass is 10.2. The van der Waals surface area contributed by atoms with Crippen LogP contribution < -0.4 is 4.74 Å². The van der Waals surface area contributed by atoms with Crippen molar-refractivity contribution in [1.29, 1.82) is 0 Å². The molecule has 0 aliphatic rings. The summed E-state index contributed by atoms with van der Waals surface area (Å²) in [5.74, 6) is -0.721. The maximum absolute atomic E-state index is 12.3. The zero-order chi connectivity index (χ0) is 18.8. The molecule has 0 radical (unpaired) electrons. The number of rotatable bonds is 5. The zero-order valence-electron chi connectivity index (χ0n) is 13.0. The first-order valence-electron chi connectivity index (χ1n) is 6.66. The highest BCUT2D eigenvalue weighted by Crippen LogP contribution is 2.29. The second kappa shape index (κ2) is 7.90. The highest BCUT2D eigenvalue weighted by Gasteiger charge is 2.25. The van der Waals surface area contributed by atoms with Gasteiger partial charge in [-0.2, -0.15) is 0 Å². The van der Waals surface area contributed by atoms with Crippen molar-refractivity contribution in [3.63, 3.8) is 0 Å². The Morgan fingerprint density at radius 3 is 2.32 bits per heavy atom. The molecule has 0 unspecified atom stereocenters. The van der Waals surface area contributed by atoms with Crippen LogP contribution in [-0.4, -0.2) is 33.0 Å². The molecule has 0 fully saturated rings. The number of benzene rings is 2. The summed E-state index contributed by atoms with van der Waals surface area (Å²) in [6.07, 6.45) is 0. The third-order valence-corrected chi connectivity index (χ3v) is 5.83. The minimum Gasteiger partial charge on any atom is -0.421 e. The zero-order valence-corrected chi connectivity index (χ0v) is 16.1. The summed E-state index contributed by atoms with van der Waals surface area (Å²) >= 11 is 17.7. The van der Waals surface area contributed by atoms with Gasteiger partial charge < -0.3 is 4.74 Å². The number of sulfonamides is 1. The first-order valence-corrected chi connectivity index (χ1v) is 9.24. The number of ether oxygens (including phenoxy) is 1. The van der Waals surface area contributed by atoms with E-state index in [2.05, 4.69) is 4.84 Å². The van der Waals surface area contributed by atoms with Crippen LogP contribution >= 0.6 is 34.8 Å². The molecule has 0 saturated heterocycles. The summed E-state index contributed by atoms with van der Waals surface area (Å²) in [4.78, 5) is 16.7. The molecule has 2 aromatic carbocycles. The predicted molar refractivity (Wildman–Crippen MR) is 94.8 cm³/mol. The van der Waals surface area contributed by atoms with Gasteiger partial charge in [-0.25, -0.2) is 13.2 Å². The van der Waals surface area contributed by atoms with E-state index in [9.17, 15) is 13.2 Å². The van der Waals surface area contributed by atoms with Crippen molar-refractivity contribution >= 4 is 50.8 Å². The molecule has 0 spiro atoms. The molecule has 0 bridgehead atoms. The second-order valence-corrected chi connectivity index (χ2v) is 7.86. The van der Waals surface area contributed by atoms with E-state index >= 15 is 0 Å². The van der Waals surface area contributed by atoms with Gasteiger partial charge in [0.25, 0.3) is 10.0 Å². The van der Waals surface area contributed by atoms with E-state index in [1.54, 1.807) is 0 Å². The second-order valence-electron chi connectivity index (χ2n) is 4.71. The van der Waals surface area contributed by atoms with Crippen molar-refractivity contribution in [2.45, 2.75) is 4.90 Å². The van der Waals surface area contributed by atoms with E-state index in [0.29, 0.717) is 9.49 Å². The van der Waals surface area contributed by atoms with Gasteiger partial charge in [0.2, 0.25) is 0 Å². The maximum atomic E-state index is 12.3. The van der Waals surface area contributed by atoms with Crippen LogP contribution in [0.5, 0.6) is 5.75 Å². The van der Waals surface area contributed by atoms with Gasteiger partial charge in [-0.15, -0.1) is 0 Å². The van der Waals surface area contributed by atoms with E-state index in [1.165, 1.54) is 44.5 Å². The normalized spacial score (nSPS) is 11.6. The number of esters is 1. The summed E-state index contributed by atoms with van der Waals surface area (Å²) in [6.45, 7) is 0. The molecular formula is C15H12Cl3NO5S. The topological polar surface area (TPSA) is 72.9 Å². The van der Waals surface area contributed by atoms with Crippen LogP contribution in [0.15, 0.2) is 41.3 Å². The Balaban J connectivity index is 2.37. The van der Waals surface area contributed by atoms with Crippen LogP contribution in [0.3, 0.4) is 0 Å². The molecular weight excluding hydrogens is 413 g/mol. The number of carbonyl (C=O) groups excluding carboxylic acids is 1. The minimum atomic E-state index is -4.03. The van der Waals surface area contributed by atoms with E-state index in [1.807, 2.05) is 0 Å². The Bertz CT molecular complexity index is 917. The summed E-state index contributed by atoms with van der Waals surface area (Å²) in [6, 6.07) is 8.05. The van der Waals surface area contributed by atoms with Crippen LogP contribution in [0.4, 0.5) is 0 Å². The fourth-order valence-corrected chi connectivity index (χ4v) is 3.70. The van der Waals surface area contributed by atoms with Gasteiger partial charge in [0.05, 0.1) is 22.7 Å². The van der Waals surface area contributed by atoms with Crippen molar-refractivity contribution in [3.05, 3.63) is 57.0 Å². The molecule has 25 heavy (non-hydrogen) atoms. The van der Waals surface area contributed by atoms with Gasteiger partial charge in [0.15, 0.2) is 0 Å². The van der Waals surface area contributed by atoms with E-state index in [-0.39, 0.29) is 26.3 Å². The first-order chi connectivity index (χ1) is 11.7. The predicted octanol–water partition coefficient (Wildman–Crippen LogP) is 4.05. The van der Waals surface area contributed by atoms with Crippen molar-refractivity contribution < 1.29 is 22.8 Å². The molecule has 10 heteroatoms. The lowest BCUT2D eigenvalue weighted by Crippen LogP contribution is -2.26. The average molecular weight is 425 g/mol. The molecule has 134 valence electrons. The molecule has 0 aliphatic carbocycles. The Morgan fingerprint density at radius 1 is 1.04 bits per heavy atom. The molecule has 0 aliphatic heterocycles. The number of hydrogen-bond acceptors (Lipinski definition) is 5. The van der Waals surface area contributed by atoms with Crippen LogP contribution in [0.1, 0.15) is 10.4 Å². The molecule has 0 heterocycles. The van der Waals surface area contributed by atoms with Crippen LogP contribution in [0.2, 0.25) is 15.1 Å². The molecule has 2 rings (SSSR count). The highest BCUT2D eigenvalue weighted by atomic mass is 35.5. The summed E-state index contributed by atoms with van der Waals surface area (Å²) < 4.78 is 30.5. The van der Waals surface area contributed by atoms with Gasteiger partial charge in [0, 0.05) is 12.1 Å². The molecule has 6 nitrogen and oxygen atoms in total. The highest BCUT2D eigenvalue weighted by molar-refractivity contribution is 7.89. The SMILES string of the molecule is CON(C)S(=O)(=O)c1cc(C(=O)Oc2ccc(Cl)cc2Cl)ccc1Cl. The number of hydrogen-bond donors (Lipinski definition) is 0. The Labute approximate surface area is 159 Å². The molecule has 0 N–H and O–H groups in total. The van der Waals surface area contributed by atoms with Crippen LogP contribution in [0, 0.1) is 0 Å². The quantitative estimate of drug-likeness (QED) is 0.411. The molecule has 0 aromatic heterocycles. The van der Waals surface area contributed by atoms with Crippen LogP contribution in [0.25, 0.3) is 0 Å². The first kappa shape index (κ1) is 20.0. The van der Waals surface area contributed by atoms with Crippen molar-refractivity contribution in [2.75, 3.05) is 14.2 Å².